The average Bonchev–Trinajstić information content (AvgIpc) is 3.41. The molecule has 2 aromatic carbocycles. The van der Waals surface area contributed by atoms with E-state index >= 15 is 0 Å². The molecule has 0 saturated carbocycles. The number of fused-ring (bicyclic) bond motifs is 1. The second kappa shape index (κ2) is 7.95. The van der Waals surface area contributed by atoms with Crippen LogP contribution >= 0.6 is 0 Å². The first-order chi connectivity index (χ1) is 14.1. The number of methoxy groups -OCH3 is 1. The predicted octanol–water partition coefficient (Wildman–Crippen LogP) is 3.56. The molecule has 150 valence electrons. The molecule has 1 fully saturated rings. The monoisotopic (exact) mass is 392 g/mol. The molecule has 2 amide bonds. The fraction of sp³-hybridized carbons (Fsp3) is 0.318. The van der Waals surface area contributed by atoms with Crippen LogP contribution in [0.4, 0.5) is 4.79 Å². The molecule has 4 rings (SSSR count). The standard InChI is InChI=1S/C22H24N4O3/c1-14-9-10-17(16-7-4-3-6-15(14)16)18-12-23-21(25-18)19-8-5-11-26(19)20(27)13-24-22(28)29-2/h3-4,6-7,9-10,12,19H,5,8,11,13H2,1-2H3,(H,23,25)(H,24,28)/t19-/m0/s1. The van der Waals surface area contributed by atoms with Crippen LogP contribution < -0.4 is 5.32 Å². The SMILES string of the molecule is COC(=O)NCC(=O)N1CCC[C@H]1c1ncc(-c2ccc(C)c3ccccc23)[nH]1. The molecule has 1 atom stereocenters. The van der Waals surface area contributed by atoms with E-state index in [2.05, 4.69) is 51.2 Å². The maximum absolute atomic E-state index is 12.6. The number of carbonyl (C=O) groups is 2. The van der Waals surface area contributed by atoms with Crippen molar-refractivity contribution >= 4 is 22.8 Å². The number of alkyl carbamates (subject to hydrolysis) is 1. The van der Waals surface area contributed by atoms with E-state index in [9.17, 15) is 9.59 Å². The third kappa shape index (κ3) is 3.68. The van der Waals surface area contributed by atoms with Crippen LogP contribution in [0.25, 0.3) is 22.0 Å². The van der Waals surface area contributed by atoms with E-state index in [1.165, 1.54) is 23.4 Å². The van der Waals surface area contributed by atoms with Gasteiger partial charge in [-0.15, -0.1) is 0 Å². The molecule has 0 spiro atoms. The van der Waals surface area contributed by atoms with Crippen molar-refractivity contribution in [2.24, 2.45) is 0 Å². The number of aryl methyl sites for hydroxylation is 1. The molecule has 0 unspecified atom stereocenters. The highest BCUT2D eigenvalue weighted by Crippen LogP contribution is 2.34. The van der Waals surface area contributed by atoms with Gasteiger partial charge in [0.1, 0.15) is 12.4 Å². The van der Waals surface area contributed by atoms with Gasteiger partial charge in [0.2, 0.25) is 5.91 Å². The summed E-state index contributed by atoms with van der Waals surface area (Å²) in [6.07, 6.45) is 2.96. The van der Waals surface area contributed by atoms with Gasteiger partial charge in [-0.1, -0.05) is 36.4 Å². The van der Waals surface area contributed by atoms with Crippen molar-refractivity contribution in [3.8, 4) is 11.3 Å². The molecule has 3 aromatic rings. The van der Waals surface area contributed by atoms with Crippen LogP contribution in [0.2, 0.25) is 0 Å². The van der Waals surface area contributed by atoms with E-state index in [0.717, 1.165) is 29.9 Å². The smallest absolute Gasteiger partial charge is 0.407 e. The summed E-state index contributed by atoms with van der Waals surface area (Å²) in [7, 11) is 1.28. The Kier molecular flexibility index (Phi) is 5.20. The van der Waals surface area contributed by atoms with Crippen LogP contribution in [0.1, 0.15) is 30.3 Å². The zero-order valence-electron chi connectivity index (χ0n) is 16.6. The largest absolute Gasteiger partial charge is 0.453 e. The third-order valence-corrected chi connectivity index (χ3v) is 5.49. The number of ether oxygens (including phenoxy) is 1. The molecule has 1 saturated heterocycles. The number of hydrogen-bond donors (Lipinski definition) is 2. The summed E-state index contributed by atoms with van der Waals surface area (Å²) in [5.74, 6) is 0.630. The minimum atomic E-state index is -0.611. The Morgan fingerprint density at radius 2 is 2.03 bits per heavy atom. The number of H-pyrrole nitrogens is 1. The van der Waals surface area contributed by atoms with Crippen molar-refractivity contribution in [1.29, 1.82) is 0 Å². The predicted molar refractivity (Wildman–Crippen MR) is 110 cm³/mol. The summed E-state index contributed by atoms with van der Waals surface area (Å²) in [6, 6.07) is 12.4. The molecule has 1 aliphatic heterocycles. The molecule has 0 radical (unpaired) electrons. The normalized spacial score (nSPS) is 16.2. The topological polar surface area (TPSA) is 87.3 Å². The molecule has 1 aliphatic rings. The summed E-state index contributed by atoms with van der Waals surface area (Å²) < 4.78 is 4.53. The van der Waals surface area contributed by atoms with Crippen LogP contribution in [0.3, 0.4) is 0 Å². The van der Waals surface area contributed by atoms with Gasteiger partial charge < -0.3 is 19.9 Å². The molecule has 7 heteroatoms. The number of carbonyl (C=O) groups excluding carboxylic acids is 2. The first kappa shape index (κ1) is 19.0. The summed E-state index contributed by atoms with van der Waals surface area (Å²) in [6.45, 7) is 2.67. The fourth-order valence-corrected chi connectivity index (χ4v) is 4.00. The van der Waals surface area contributed by atoms with Crippen LogP contribution in [-0.4, -0.2) is 47.1 Å². The van der Waals surface area contributed by atoms with Gasteiger partial charge in [-0.2, -0.15) is 0 Å². The Hall–Kier alpha value is -3.35. The van der Waals surface area contributed by atoms with E-state index in [-0.39, 0.29) is 18.5 Å². The van der Waals surface area contributed by atoms with Gasteiger partial charge in [0, 0.05) is 12.1 Å². The molecule has 7 nitrogen and oxygen atoms in total. The van der Waals surface area contributed by atoms with Crippen LogP contribution in [0.15, 0.2) is 42.6 Å². The van der Waals surface area contributed by atoms with E-state index in [1.54, 1.807) is 4.90 Å². The van der Waals surface area contributed by atoms with Crippen LogP contribution in [-0.2, 0) is 9.53 Å². The number of benzene rings is 2. The molecule has 2 N–H and O–H groups in total. The lowest BCUT2D eigenvalue weighted by atomic mass is 9.99. The Labute approximate surface area is 169 Å². The summed E-state index contributed by atoms with van der Waals surface area (Å²) in [5.41, 5.74) is 3.26. The molecule has 0 bridgehead atoms. The molecular formula is C22H24N4O3. The number of nitrogens with one attached hydrogen (secondary N) is 2. The Bertz CT molecular complexity index is 1060. The number of aromatic amines is 1. The summed E-state index contributed by atoms with van der Waals surface area (Å²) in [4.78, 5) is 33.6. The number of nitrogens with zero attached hydrogens (tertiary/aromatic N) is 2. The van der Waals surface area contributed by atoms with E-state index in [1.807, 2.05) is 18.3 Å². The average molecular weight is 392 g/mol. The molecule has 29 heavy (non-hydrogen) atoms. The van der Waals surface area contributed by atoms with Gasteiger partial charge in [-0.3, -0.25) is 4.79 Å². The lowest BCUT2D eigenvalue weighted by Crippen LogP contribution is -2.40. The zero-order valence-corrected chi connectivity index (χ0v) is 16.6. The number of imidazole rings is 1. The lowest BCUT2D eigenvalue weighted by Gasteiger charge is -2.23. The fourth-order valence-electron chi connectivity index (χ4n) is 4.00. The van der Waals surface area contributed by atoms with Gasteiger partial charge >= 0.3 is 6.09 Å². The first-order valence-corrected chi connectivity index (χ1v) is 9.73. The number of amides is 2. The second-order valence-corrected chi connectivity index (χ2v) is 7.25. The summed E-state index contributed by atoms with van der Waals surface area (Å²) >= 11 is 0. The Balaban J connectivity index is 1.58. The third-order valence-electron chi connectivity index (χ3n) is 5.49. The van der Waals surface area contributed by atoms with E-state index in [0.29, 0.717) is 6.54 Å². The highest BCUT2D eigenvalue weighted by Gasteiger charge is 2.32. The number of likely N-dealkylation sites (tertiary alicyclic amines) is 1. The highest BCUT2D eigenvalue weighted by molar-refractivity contribution is 5.97. The van der Waals surface area contributed by atoms with Gasteiger partial charge in [-0.25, -0.2) is 9.78 Å². The highest BCUT2D eigenvalue weighted by atomic mass is 16.5. The van der Waals surface area contributed by atoms with Gasteiger partial charge in [0.25, 0.3) is 0 Å². The van der Waals surface area contributed by atoms with E-state index < -0.39 is 6.09 Å². The Morgan fingerprint density at radius 3 is 2.83 bits per heavy atom. The molecule has 1 aromatic heterocycles. The van der Waals surface area contributed by atoms with E-state index in [4.69, 9.17) is 0 Å². The zero-order chi connectivity index (χ0) is 20.4. The first-order valence-electron chi connectivity index (χ1n) is 9.73. The molecule has 2 heterocycles. The summed E-state index contributed by atoms with van der Waals surface area (Å²) in [5, 5.41) is 4.84. The van der Waals surface area contributed by atoms with Crippen molar-refractivity contribution in [3.05, 3.63) is 54.0 Å². The lowest BCUT2D eigenvalue weighted by molar-refractivity contribution is -0.131. The van der Waals surface area contributed by atoms with Crippen LogP contribution in [0.5, 0.6) is 0 Å². The Morgan fingerprint density at radius 1 is 1.24 bits per heavy atom. The maximum Gasteiger partial charge on any atom is 0.407 e. The van der Waals surface area contributed by atoms with Crippen LogP contribution in [0, 0.1) is 6.92 Å². The minimum absolute atomic E-state index is 0.0840. The maximum atomic E-state index is 12.6. The van der Waals surface area contributed by atoms with Crippen molar-refractivity contribution < 1.29 is 14.3 Å². The molecular weight excluding hydrogens is 368 g/mol. The number of aromatic nitrogens is 2. The van der Waals surface area contributed by atoms with Crippen molar-refractivity contribution in [2.45, 2.75) is 25.8 Å². The second-order valence-electron chi connectivity index (χ2n) is 7.25. The van der Waals surface area contributed by atoms with Gasteiger partial charge in [-0.05, 0) is 36.1 Å². The quantitative estimate of drug-likeness (QED) is 0.711. The van der Waals surface area contributed by atoms with Gasteiger partial charge in [0.15, 0.2) is 0 Å². The number of rotatable bonds is 4. The van der Waals surface area contributed by atoms with Crippen molar-refractivity contribution in [1.82, 2.24) is 20.2 Å². The number of hydrogen-bond acceptors (Lipinski definition) is 4. The van der Waals surface area contributed by atoms with Crippen molar-refractivity contribution in [2.75, 3.05) is 20.2 Å². The van der Waals surface area contributed by atoms with Crippen molar-refractivity contribution in [3.63, 3.8) is 0 Å². The molecule has 0 aliphatic carbocycles. The minimum Gasteiger partial charge on any atom is -0.453 e. The van der Waals surface area contributed by atoms with Gasteiger partial charge in [0.05, 0.1) is 25.0 Å².